The van der Waals surface area contributed by atoms with Crippen LogP contribution in [0.4, 0.5) is 0 Å². The number of hydrogen-bond donors (Lipinski definition) is 0. The minimum atomic E-state index is 0.0337. The standard InChI is InChI=1S/C18H24N2O3/c1-4-19-10-5-6-13(19)12-20-11-9-14-15(18(20)21)7-8-16(22-2)17(14)23-3/h7-9,11,13H,4-6,10,12H2,1-3H3/t13-/m0/s1. The van der Waals surface area contributed by atoms with Crippen LogP contribution < -0.4 is 15.0 Å². The van der Waals surface area contributed by atoms with Gasteiger partial charge in [-0.25, -0.2) is 0 Å². The third-order valence-electron chi connectivity index (χ3n) is 4.81. The molecule has 23 heavy (non-hydrogen) atoms. The van der Waals surface area contributed by atoms with E-state index in [2.05, 4.69) is 11.8 Å². The molecule has 0 saturated carbocycles. The summed E-state index contributed by atoms with van der Waals surface area (Å²) in [5.41, 5.74) is 0.0337. The maximum atomic E-state index is 12.8. The number of hydrogen-bond acceptors (Lipinski definition) is 4. The van der Waals surface area contributed by atoms with E-state index in [1.165, 1.54) is 6.42 Å². The molecule has 124 valence electrons. The summed E-state index contributed by atoms with van der Waals surface area (Å²) in [4.78, 5) is 15.3. The number of ether oxygens (including phenoxy) is 2. The first-order valence-corrected chi connectivity index (χ1v) is 8.17. The summed E-state index contributed by atoms with van der Waals surface area (Å²) in [5.74, 6) is 1.26. The maximum Gasteiger partial charge on any atom is 0.258 e. The first-order valence-electron chi connectivity index (χ1n) is 8.17. The Kier molecular flexibility index (Phi) is 4.57. The number of fused-ring (bicyclic) bond motifs is 1. The van der Waals surface area contributed by atoms with Crippen molar-refractivity contribution in [2.75, 3.05) is 27.3 Å². The van der Waals surface area contributed by atoms with E-state index in [1.807, 2.05) is 22.9 Å². The zero-order valence-corrected chi connectivity index (χ0v) is 14.0. The smallest absolute Gasteiger partial charge is 0.258 e. The number of aromatic nitrogens is 1. The minimum absolute atomic E-state index is 0.0337. The first-order chi connectivity index (χ1) is 11.2. The quantitative estimate of drug-likeness (QED) is 0.850. The van der Waals surface area contributed by atoms with E-state index >= 15 is 0 Å². The third kappa shape index (κ3) is 2.81. The Labute approximate surface area is 136 Å². The Morgan fingerprint density at radius 3 is 2.70 bits per heavy atom. The summed E-state index contributed by atoms with van der Waals surface area (Å²) in [6.45, 7) is 5.10. The van der Waals surface area contributed by atoms with Gasteiger partial charge in [-0.1, -0.05) is 6.92 Å². The third-order valence-corrected chi connectivity index (χ3v) is 4.81. The van der Waals surface area contributed by atoms with Gasteiger partial charge in [0.1, 0.15) is 0 Å². The lowest BCUT2D eigenvalue weighted by Gasteiger charge is -2.23. The van der Waals surface area contributed by atoms with Gasteiger partial charge < -0.3 is 14.0 Å². The molecule has 0 amide bonds. The Morgan fingerprint density at radius 1 is 1.17 bits per heavy atom. The topological polar surface area (TPSA) is 43.7 Å². The fourth-order valence-electron chi connectivity index (χ4n) is 3.58. The highest BCUT2D eigenvalue weighted by molar-refractivity contribution is 5.90. The molecule has 1 fully saturated rings. The molecule has 1 aliphatic heterocycles. The molecule has 0 spiro atoms. The van der Waals surface area contributed by atoms with Crippen molar-refractivity contribution in [1.82, 2.24) is 9.47 Å². The van der Waals surface area contributed by atoms with Gasteiger partial charge in [0, 0.05) is 24.2 Å². The summed E-state index contributed by atoms with van der Waals surface area (Å²) in [7, 11) is 3.20. The van der Waals surface area contributed by atoms with Crippen LogP contribution >= 0.6 is 0 Å². The number of pyridine rings is 1. The molecule has 2 heterocycles. The highest BCUT2D eigenvalue weighted by Crippen LogP contribution is 2.33. The molecule has 1 atom stereocenters. The highest BCUT2D eigenvalue weighted by Gasteiger charge is 2.23. The number of likely N-dealkylation sites (N-methyl/N-ethyl adjacent to an activating group) is 1. The van der Waals surface area contributed by atoms with E-state index in [0.717, 1.165) is 31.4 Å². The second kappa shape index (κ2) is 6.62. The fraction of sp³-hybridized carbons (Fsp3) is 0.500. The van der Waals surface area contributed by atoms with Crippen molar-refractivity contribution in [2.24, 2.45) is 0 Å². The summed E-state index contributed by atoms with van der Waals surface area (Å²) in [5, 5.41) is 1.47. The van der Waals surface area contributed by atoms with Crippen LogP contribution in [0.3, 0.4) is 0 Å². The second-order valence-electron chi connectivity index (χ2n) is 5.96. The van der Waals surface area contributed by atoms with Crippen LogP contribution in [0, 0.1) is 0 Å². The van der Waals surface area contributed by atoms with Crippen LogP contribution in [0.15, 0.2) is 29.2 Å². The largest absolute Gasteiger partial charge is 0.493 e. The SMILES string of the molecule is CCN1CCC[C@H]1Cn1ccc2c(OC)c(OC)ccc2c1=O. The number of likely N-dealkylation sites (tertiary alicyclic amines) is 1. The second-order valence-corrected chi connectivity index (χ2v) is 5.96. The van der Waals surface area contributed by atoms with Crippen LogP contribution in [0.25, 0.3) is 10.8 Å². The van der Waals surface area contributed by atoms with Crippen LogP contribution in [0.5, 0.6) is 11.5 Å². The maximum absolute atomic E-state index is 12.8. The molecule has 1 saturated heterocycles. The van der Waals surface area contributed by atoms with Gasteiger partial charge in [-0.2, -0.15) is 0 Å². The highest BCUT2D eigenvalue weighted by atomic mass is 16.5. The Morgan fingerprint density at radius 2 is 2.00 bits per heavy atom. The first kappa shape index (κ1) is 15.9. The Hall–Kier alpha value is -2.01. The molecule has 0 unspecified atom stereocenters. The molecule has 0 N–H and O–H groups in total. The van der Waals surface area contributed by atoms with E-state index in [4.69, 9.17) is 9.47 Å². The normalized spacial score (nSPS) is 18.5. The van der Waals surface area contributed by atoms with Gasteiger partial charge in [-0.05, 0) is 44.1 Å². The van der Waals surface area contributed by atoms with E-state index in [1.54, 1.807) is 20.3 Å². The van der Waals surface area contributed by atoms with Gasteiger partial charge in [0.25, 0.3) is 5.56 Å². The van der Waals surface area contributed by atoms with Crippen molar-refractivity contribution in [3.8, 4) is 11.5 Å². The van der Waals surface area contributed by atoms with Crippen molar-refractivity contribution in [3.63, 3.8) is 0 Å². The van der Waals surface area contributed by atoms with Gasteiger partial charge in [0.05, 0.1) is 19.6 Å². The molecule has 1 aliphatic rings. The van der Waals surface area contributed by atoms with E-state index in [-0.39, 0.29) is 5.56 Å². The molecule has 2 aromatic rings. The zero-order chi connectivity index (χ0) is 16.4. The lowest BCUT2D eigenvalue weighted by Crippen LogP contribution is -2.35. The van der Waals surface area contributed by atoms with Crippen LogP contribution in [0.1, 0.15) is 19.8 Å². The average Bonchev–Trinajstić information content (AvgIpc) is 3.03. The molecule has 0 bridgehead atoms. The number of rotatable bonds is 5. The summed E-state index contributed by atoms with van der Waals surface area (Å²) >= 11 is 0. The van der Waals surface area contributed by atoms with Crippen molar-refractivity contribution in [1.29, 1.82) is 0 Å². The van der Waals surface area contributed by atoms with Gasteiger partial charge in [-0.15, -0.1) is 0 Å². The predicted molar refractivity (Wildman–Crippen MR) is 91.6 cm³/mol. The predicted octanol–water partition coefficient (Wildman–Crippen LogP) is 2.50. The molecule has 5 nitrogen and oxygen atoms in total. The van der Waals surface area contributed by atoms with Gasteiger partial charge in [0.15, 0.2) is 11.5 Å². The molecule has 3 rings (SSSR count). The van der Waals surface area contributed by atoms with Gasteiger partial charge in [0.2, 0.25) is 0 Å². The van der Waals surface area contributed by atoms with Crippen molar-refractivity contribution in [3.05, 3.63) is 34.7 Å². The van der Waals surface area contributed by atoms with Crippen molar-refractivity contribution in [2.45, 2.75) is 32.4 Å². The zero-order valence-electron chi connectivity index (χ0n) is 14.0. The van der Waals surface area contributed by atoms with E-state index in [9.17, 15) is 4.79 Å². The minimum Gasteiger partial charge on any atom is -0.493 e. The summed E-state index contributed by atoms with van der Waals surface area (Å²) in [6, 6.07) is 6.02. The monoisotopic (exact) mass is 316 g/mol. The number of benzene rings is 1. The molecule has 5 heteroatoms. The molecule has 0 aliphatic carbocycles. The number of methoxy groups -OCH3 is 2. The Balaban J connectivity index is 2.01. The summed E-state index contributed by atoms with van der Waals surface area (Å²) < 4.78 is 12.6. The van der Waals surface area contributed by atoms with Crippen molar-refractivity contribution < 1.29 is 9.47 Å². The van der Waals surface area contributed by atoms with Crippen LogP contribution in [-0.2, 0) is 6.54 Å². The van der Waals surface area contributed by atoms with Crippen LogP contribution in [0.2, 0.25) is 0 Å². The van der Waals surface area contributed by atoms with E-state index in [0.29, 0.717) is 22.9 Å². The van der Waals surface area contributed by atoms with Gasteiger partial charge in [-0.3, -0.25) is 9.69 Å². The molecular weight excluding hydrogens is 292 g/mol. The number of nitrogens with zero attached hydrogens (tertiary/aromatic N) is 2. The van der Waals surface area contributed by atoms with Crippen molar-refractivity contribution >= 4 is 10.8 Å². The average molecular weight is 316 g/mol. The summed E-state index contributed by atoms with van der Waals surface area (Å²) in [6.07, 6.45) is 4.24. The molecule has 0 radical (unpaired) electrons. The molecular formula is C18H24N2O3. The Bertz CT molecular complexity index is 754. The van der Waals surface area contributed by atoms with Crippen LogP contribution in [-0.4, -0.2) is 42.8 Å². The molecule has 1 aromatic heterocycles. The molecule has 1 aromatic carbocycles. The lowest BCUT2D eigenvalue weighted by atomic mass is 10.1. The van der Waals surface area contributed by atoms with Gasteiger partial charge >= 0.3 is 0 Å². The fourth-order valence-corrected chi connectivity index (χ4v) is 3.58. The lowest BCUT2D eigenvalue weighted by molar-refractivity contribution is 0.243. The van der Waals surface area contributed by atoms with E-state index < -0.39 is 0 Å².